The number of ether oxygens (including phenoxy) is 1. The Bertz CT molecular complexity index is 1110. The summed E-state index contributed by atoms with van der Waals surface area (Å²) < 4.78 is 48.8. The largest absolute Gasteiger partial charge is 0.492 e. The SMILES string of the molecule is CCN(CC(F)(F)F)C(=O)Cc1nc(-c2ccc(OCCNC[C@H](O)c3ccc(Cl)nc3)cc2)co1. The van der Waals surface area contributed by atoms with Gasteiger partial charge in [-0.25, -0.2) is 9.97 Å². The van der Waals surface area contributed by atoms with Crippen molar-refractivity contribution in [2.75, 3.05) is 32.8 Å². The Kier molecular flexibility index (Phi) is 9.68. The number of hydrogen-bond donors (Lipinski definition) is 2. The molecule has 3 rings (SSSR count). The van der Waals surface area contributed by atoms with E-state index in [2.05, 4.69) is 15.3 Å². The van der Waals surface area contributed by atoms with Crippen molar-refractivity contribution in [3.8, 4) is 17.0 Å². The van der Waals surface area contributed by atoms with E-state index in [-0.39, 0.29) is 18.9 Å². The smallest absolute Gasteiger partial charge is 0.406 e. The quantitative estimate of drug-likeness (QED) is 0.271. The summed E-state index contributed by atoms with van der Waals surface area (Å²) in [5.74, 6) is -0.0517. The average molecular weight is 527 g/mol. The molecule has 0 unspecified atom stereocenters. The highest BCUT2D eigenvalue weighted by Gasteiger charge is 2.32. The minimum absolute atomic E-state index is 0.0404. The van der Waals surface area contributed by atoms with Gasteiger partial charge in [0.1, 0.15) is 42.4 Å². The molecule has 0 radical (unpaired) electrons. The summed E-state index contributed by atoms with van der Waals surface area (Å²) >= 11 is 5.74. The Balaban J connectivity index is 1.43. The van der Waals surface area contributed by atoms with Crippen molar-refractivity contribution in [2.45, 2.75) is 25.6 Å². The number of alkyl halides is 3. The van der Waals surface area contributed by atoms with E-state index in [1.54, 1.807) is 36.4 Å². The van der Waals surface area contributed by atoms with E-state index in [1.807, 2.05) is 0 Å². The van der Waals surface area contributed by atoms with Crippen molar-refractivity contribution in [1.29, 1.82) is 0 Å². The third-order valence-corrected chi connectivity index (χ3v) is 5.35. The zero-order chi connectivity index (χ0) is 26.1. The Morgan fingerprint density at radius 3 is 2.64 bits per heavy atom. The van der Waals surface area contributed by atoms with Crippen LogP contribution in [0.15, 0.2) is 53.3 Å². The summed E-state index contributed by atoms with van der Waals surface area (Å²) in [7, 11) is 0. The fourth-order valence-electron chi connectivity index (χ4n) is 3.26. The van der Waals surface area contributed by atoms with Crippen LogP contribution in [0.25, 0.3) is 11.3 Å². The van der Waals surface area contributed by atoms with Gasteiger partial charge in [-0.1, -0.05) is 17.7 Å². The van der Waals surface area contributed by atoms with Crippen LogP contribution in [0.3, 0.4) is 0 Å². The lowest BCUT2D eigenvalue weighted by molar-refractivity contribution is -0.160. The van der Waals surface area contributed by atoms with Crippen LogP contribution in [0.2, 0.25) is 5.15 Å². The van der Waals surface area contributed by atoms with E-state index < -0.39 is 24.7 Å². The van der Waals surface area contributed by atoms with Crippen molar-refractivity contribution >= 4 is 17.5 Å². The first-order valence-electron chi connectivity index (χ1n) is 11.2. The molecule has 194 valence electrons. The van der Waals surface area contributed by atoms with Crippen LogP contribution in [-0.4, -0.2) is 64.8 Å². The van der Waals surface area contributed by atoms with Gasteiger partial charge >= 0.3 is 6.18 Å². The number of pyridine rings is 1. The second-order valence-corrected chi connectivity index (χ2v) is 8.22. The van der Waals surface area contributed by atoms with Crippen LogP contribution >= 0.6 is 11.6 Å². The van der Waals surface area contributed by atoms with Crippen LogP contribution in [0.4, 0.5) is 13.2 Å². The van der Waals surface area contributed by atoms with Gasteiger partial charge in [-0.3, -0.25) is 4.79 Å². The molecule has 0 aliphatic carbocycles. The third-order valence-electron chi connectivity index (χ3n) is 5.13. The molecule has 12 heteroatoms. The number of carbonyl (C=O) groups is 1. The Hall–Kier alpha value is -3.15. The number of halogens is 4. The van der Waals surface area contributed by atoms with E-state index in [1.165, 1.54) is 19.4 Å². The van der Waals surface area contributed by atoms with Gasteiger partial charge in [0.15, 0.2) is 0 Å². The number of oxazole rings is 1. The Morgan fingerprint density at radius 1 is 1.25 bits per heavy atom. The molecule has 2 aromatic heterocycles. The van der Waals surface area contributed by atoms with Crippen LogP contribution in [0.5, 0.6) is 5.75 Å². The second kappa shape index (κ2) is 12.7. The van der Waals surface area contributed by atoms with E-state index in [0.29, 0.717) is 52.3 Å². The average Bonchev–Trinajstić information content (AvgIpc) is 3.30. The van der Waals surface area contributed by atoms with Gasteiger partial charge in [0.05, 0.1) is 6.10 Å². The van der Waals surface area contributed by atoms with Crippen LogP contribution in [0, 0.1) is 0 Å². The van der Waals surface area contributed by atoms with Crippen LogP contribution in [-0.2, 0) is 11.2 Å². The molecular formula is C24H26ClF3N4O4. The standard InChI is InChI=1S/C24H26ClF3N4O4/c1-2-32(15-24(26,27)28)23(34)11-22-31-19(14-36-22)16-3-6-18(7-4-16)35-10-9-29-13-20(33)17-5-8-21(25)30-12-17/h3-8,12,14,20,29,33H,2,9-11,13,15H2,1H3/t20-/m0/s1. The number of nitrogens with zero attached hydrogens (tertiary/aromatic N) is 3. The molecule has 0 bridgehead atoms. The number of aliphatic hydroxyl groups excluding tert-OH is 1. The summed E-state index contributed by atoms with van der Waals surface area (Å²) in [4.78, 5) is 21.0. The van der Waals surface area contributed by atoms with Gasteiger partial charge in [0.25, 0.3) is 0 Å². The predicted molar refractivity (Wildman–Crippen MR) is 127 cm³/mol. The monoisotopic (exact) mass is 526 g/mol. The number of carbonyl (C=O) groups excluding carboxylic acids is 1. The maximum Gasteiger partial charge on any atom is 0.406 e. The molecule has 36 heavy (non-hydrogen) atoms. The van der Waals surface area contributed by atoms with Gasteiger partial charge in [-0.05, 0) is 37.3 Å². The number of nitrogens with one attached hydrogen (secondary N) is 1. The highest BCUT2D eigenvalue weighted by atomic mass is 35.5. The molecule has 8 nitrogen and oxygen atoms in total. The molecule has 2 N–H and O–H groups in total. The summed E-state index contributed by atoms with van der Waals surface area (Å²) in [6, 6.07) is 10.3. The van der Waals surface area contributed by atoms with Gasteiger partial charge in [0, 0.05) is 37.0 Å². The summed E-state index contributed by atoms with van der Waals surface area (Å²) in [5, 5.41) is 13.6. The van der Waals surface area contributed by atoms with Crippen molar-refractivity contribution in [3.05, 3.63) is 65.5 Å². The Morgan fingerprint density at radius 2 is 2.00 bits per heavy atom. The summed E-state index contributed by atoms with van der Waals surface area (Å²) in [6.45, 7) is 1.30. The van der Waals surface area contributed by atoms with Gasteiger partial charge in [-0.2, -0.15) is 13.2 Å². The van der Waals surface area contributed by atoms with Crippen molar-refractivity contribution in [3.63, 3.8) is 0 Å². The summed E-state index contributed by atoms with van der Waals surface area (Å²) in [6.07, 6.45) is -2.67. The number of rotatable bonds is 12. The maximum absolute atomic E-state index is 12.6. The molecule has 0 spiro atoms. The van der Waals surface area contributed by atoms with Crippen molar-refractivity contribution in [1.82, 2.24) is 20.2 Å². The van der Waals surface area contributed by atoms with Crippen molar-refractivity contribution in [2.24, 2.45) is 0 Å². The van der Waals surface area contributed by atoms with E-state index in [4.69, 9.17) is 20.8 Å². The number of hydrogen-bond acceptors (Lipinski definition) is 7. The second-order valence-electron chi connectivity index (χ2n) is 7.83. The van der Waals surface area contributed by atoms with E-state index in [9.17, 15) is 23.1 Å². The molecular weight excluding hydrogens is 501 g/mol. The first kappa shape index (κ1) is 27.4. The normalized spacial score (nSPS) is 12.4. The fraction of sp³-hybridized carbons (Fsp3) is 0.375. The number of aromatic nitrogens is 2. The molecule has 2 heterocycles. The third kappa shape index (κ3) is 8.51. The number of likely N-dealkylation sites (N-methyl/N-ethyl adjacent to an activating group) is 1. The zero-order valence-corrected chi connectivity index (χ0v) is 20.2. The molecule has 1 atom stereocenters. The first-order chi connectivity index (χ1) is 17.1. The zero-order valence-electron chi connectivity index (χ0n) is 19.5. The molecule has 0 saturated carbocycles. The van der Waals surface area contributed by atoms with Crippen LogP contribution in [0.1, 0.15) is 24.5 Å². The lowest BCUT2D eigenvalue weighted by Crippen LogP contribution is -2.39. The van der Waals surface area contributed by atoms with Gasteiger partial charge in [0.2, 0.25) is 11.8 Å². The van der Waals surface area contributed by atoms with Crippen molar-refractivity contribution < 1.29 is 32.2 Å². The lowest BCUT2D eigenvalue weighted by atomic mass is 10.1. The van der Waals surface area contributed by atoms with E-state index >= 15 is 0 Å². The molecule has 0 saturated heterocycles. The minimum Gasteiger partial charge on any atom is -0.492 e. The van der Waals surface area contributed by atoms with Crippen LogP contribution < -0.4 is 10.1 Å². The first-order valence-corrected chi connectivity index (χ1v) is 11.5. The van der Waals surface area contributed by atoms with Gasteiger partial charge in [-0.15, -0.1) is 0 Å². The molecule has 0 fully saturated rings. The molecule has 1 aromatic carbocycles. The minimum atomic E-state index is -4.47. The topological polar surface area (TPSA) is 101 Å². The highest BCUT2D eigenvalue weighted by Crippen LogP contribution is 2.23. The van der Waals surface area contributed by atoms with Gasteiger partial charge < -0.3 is 24.5 Å². The maximum atomic E-state index is 12.6. The predicted octanol–water partition coefficient (Wildman–Crippen LogP) is 4.05. The number of aliphatic hydroxyl groups is 1. The molecule has 0 aliphatic rings. The molecule has 3 aromatic rings. The highest BCUT2D eigenvalue weighted by molar-refractivity contribution is 6.29. The van der Waals surface area contributed by atoms with E-state index in [0.717, 1.165) is 0 Å². The molecule has 0 aliphatic heterocycles. The Labute approximate surface area is 211 Å². The lowest BCUT2D eigenvalue weighted by Gasteiger charge is -2.21. The summed E-state index contributed by atoms with van der Waals surface area (Å²) in [5.41, 5.74) is 1.81. The number of amides is 1. The molecule has 1 amide bonds. The number of benzene rings is 1. The fourth-order valence-corrected chi connectivity index (χ4v) is 3.37.